The van der Waals surface area contributed by atoms with Gasteiger partial charge in [-0.1, -0.05) is 49.6 Å². The van der Waals surface area contributed by atoms with Gasteiger partial charge < -0.3 is 25.4 Å². The minimum Gasteiger partial charge on any atom is -0.444 e. The van der Waals surface area contributed by atoms with Crippen LogP contribution in [0.5, 0.6) is 0 Å². The largest absolute Gasteiger partial charge is 0.444 e. The number of carbonyl (C=O) groups is 3. The predicted octanol–water partition coefficient (Wildman–Crippen LogP) is 3.63. The molecule has 0 heterocycles. The Labute approximate surface area is 204 Å². The minimum atomic E-state index is -0.965. The molecule has 0 radical (unpaired) electrons. The number of aliphatic hydroxyl groups excluding tert-OH is 1. The highest BCUT2D eigenvalue weighted by molar-refractivity contribution is 5.92. The first-order valence-electron chi connectivity index (χ1n) is 12.0. The molecular formula is C26H43N3O5. The molecule has 3 amide bonds. The molecule has 3 atom stereocenters. The molecular weight excluding hydrogens is 434 g/mol. The number of alkyl carbamates (subject to hydrolysis) is 1. The Balaban J connectivity index is 3.51. The van der Waals surface area contributed by atoms with E-state index < -0.39 is 29.7 Å². The SMILES string of the molecule is CCC(C)C(NC(=O)OC(C)(C)C)C(=O)N(CCO)C(C(=O)NC(C)C)c1cc(C)cc(C)c1. The van der Waals surface area contributed by atoms with E-state index in [9.17, 15) is 19.5 Å². The van der Waals surface area contributed by atoms with Crippen molar-refractivity contribution in [2.75, 3.05) is 13.2 Å². The maximum Gasteiger partial charge on any atom is 0.408 e. The van der Waals surface area contributed by atoms with Gasteiger partial charge in [-0.2, -0.15) is 0 Å². The van der Waals surface area contributed by atoms with Crippen LogP contribution in [0.2, 0.25) is 0 Å². The molecule has 34 heavy (non-hydrogen) atoms. The molecule has 8 nitrogen and oxygen atoms in total. The maximum atomic E-state index is 13.9. The number of ether oxygens (including phenoxy) is 1. The third kappa shape index (κ3) is 8.97. The molecule has 0 saturated heterocycles. The Morgan fingerprint density at radius 3 is 2.03 bits per heavy atom. The van der Waals surface area contributed by atoms with Crippen molar-refractivity contribution in [1.29, 1.82) is 0 Å². The summed E-state index contributed by atoms with van der Waals surface area (Å²) in [6.45, 7) is 16.2. The smallest absolute Gasteiger partial charge is 0.408 e. The van der Waals surface area contributed by atoms with Gasteiger partial charge in [0.25, 0.3) is 0 Å². The average Bonchev–Trinajstić information content (AvgIpc) is 2.68. The molecule has 0 aliphatic carbocycles. The van der Waals surface area contributed by atoms with Gasteiger partial charge in [-0.3, -0.25) is 9.59 Å². The number of aryl methyl sites for hydroxylation is 2. The summed E-state index contributed by atoms with van der Waals surface area (Å²) in [5.74, 6) is -1.02. The molecule has 0 aromatic heterocycles. The van der Waals surface area contributed by atoms with Crippen LogP contribution in [-0.4, -0.2) is 58.8 Å². The molecule has 0 fully saturated rings. The fraction of sp³-hybridized carbons (Fsp3) is 0.654. The van der Waals surface area contributed by atoms with Crippen LogP contribution in [0.3, 0.4) is 0 Å². The highest BCUT2D eigenvalue weighted by Crippen LogP contribution is 2.26. The van der Waals surface area contributed by atoms with Gasteiger partial charge in [-0.15, -0.1) is 0 Å². The van der Waals surface area contributed by atoms with Gasteiger partial charge in [0.2, 0.25) is 11.8 Å². The Kier molecular flexibility index (Phi) is 11.0. The van der Waals surface area contributed by atoms with E-state index in [-0.39, 0.29) is 31.0 Å². The van der Waals surface area contributed by atoms with Gasteiger partial charge in [0.15, 0.2) is 0 Å². The van der Waals surface area contributed by atoms with Gasteiger partial charge in [0, 0.05) is 12.6 Å². The van der Waals surface area contributed by atoms with E-state index in [2.05, 4.69) is 10.6 Å². The standard InChI is InChI=1S/C26H43N3O5/c1-10-19(6)21(28-25(33)34-26(7,8)9)24(32)29(11-12-30)22(23(31)27-16(2)3)20-14-17(4)13-18(5)15-20/h13-16,19,21-22,30H,10-12H2,1-9H3,(H,27,31)(H,28,33). The van der Waals surface area contributed by atoms with E-state index >= 15 is 0 Å². The van der Waals surface area contributed by atoms with Crippen LogP contribution in [0, 0.1) is 19.8 Å². The first-order valence-corrected chi connectivity index (χ1v) is 12.0. The van der Waals surface area contributed by atoms with Crippen LogP contribution < -0.4 is 10.6 Å². The molecule has 3 N–H and O–H groups in total. The lowest BCUT2D eigenvalue weighted by atomic mass is 9.94. The number of rotatable bonds is 10. The molecule has 1 aromatic rings. The van der Waals surface area contributed by atoms with E-state index in [4.69, 9.17) is 4.74 Å². The molecule has 0 aliphatic rings. The van der Waals surface area contributed by atoms with E-state index in [1.807, 2.05) is 59.7 Å². The highest BCUT2D eigenvalue weighted by atomic mass is 16.6. The molecule has 0 aliphatic heterocycles. The third-order valence-electron chi connectivity index (χ3n) is 5.33. The Hall–Kier alpha value is -2.61. The summed E-state index contributed by atoms with van der Waals surface area (Å²) in [5, 5.41) is 15.4. The highest BCUT2D eigenvalue weighted by Gasteiger charge is 2.38. The van der Waals surface area contributed by atoms with Crippen molar-refractivity contribution in [1.82, 2.24) is 15.5 Å². The Morgan fingerprint density at radius 1 is 1.03 bits per heavy atom. The zero-order chi connectivity index (χ0) is 26.2. The quantitative estimate of drug-likeness (QED) is 0.477. The molecule has 0 spiro atoms. The van der Waals surface area contributed by atoms with E-state index in [0.717, 1.165) is 11.1 Å². The summed E-state index contributed by atoms with van der Waals surface area (Å²) >= 11 is 0. The lowest BCUT2D eigenvalue weighted by Crippen LogP contribution is -2.56. The van der Waals surface area contributed by atoms with Gasteiger partial charge >= 0.3 is 6.09 Å². The number of nitrogens with one attached hydrogen (secondary N) is 2. The fourth-order valence-electron chi connectivity index (χ4n) is 3.77. The molecule has 8 heteroatoms. The molecule has 192 valence electrons. The van der Waals surface area contributed by atoms with Crippen molar-refractivity contribution >= 4 is 17.9 Å². The first-order chi connectivity index (χ1) is 15.7. The number of aliphatic hydroxyl groups is 1. The van der Waals surface area contributed by atoms with Crippen LogP contribution in [0.1, 0.15) is 77.6 Å². The van der Waals surface area contributed by atoms with Crippen molar-refractivity contribution in [3.63, 3.8) is 0 Å². The van der Waals surface area contributed by atoms with Crippen LogP contribution in [0.15, 0.2) is 18.2 Å². The molecule has 3 unspecified atom stereocenters. The molecule has 1 rings (SSSR count). The number of hydrogen-bond donors (Lipinski definition) is 3. The third-order valence-corrected chi connectivity index (χ3v) is 5.33. The van der Waals surface area contributed by atoms with Gasteiger partial charge in [0.1, 0.15) is 17.7 Å². The van der Waals surface area contributed by atoms with Crippen LogP contribution in [0.4, 0.5) is 4.79 Å². The second-order valence-corrected chi connectivity index (χ2v) is 10.3. The molecule has 1 aromatic carbocycles. The van der Waals surface area contributed by atoms with Gasteiger partial charge in [-0.25, -0.2) is 4.79 Å². The number of nitrogens with zero attached hydrogens (tertiary/aromatic N) is 1. The maximum absolute atomic E-state index is 13.9. The Bertz CT molecular complexity index is 827. The molecule has 0 bridgehead atoms. The number of carbonyl (C=O) groups excluding carboxylic acids is 3. The fourth-order valence-corrected chi connectivity index (χ4v) is 3.77. The summed E-state index contributed by atoms with van der Waals surface area (Å²) in [4.78, 5) is 41.2. The summed E-state index contributed by atoms with van der Waals surface area (Å²) in [7, 11) is 0. The number of benzene rings is 1. The zero-order valence-corrected chi connectivity index (χ0v) is 22.2. The summed E-state index contributed by atoms with van der Waals surface area (Å²) in [6, 6.07) is 3.70. The van der Waals surface area contributed by atoms with E-state index in [1.165, 1.54) is 4.90 Å². The van der Waals surface area contributed by atoms with Crippen LogP contribution in [0.25, 0.3) is 0 Å². The monoisotopic (exact) mass is 477 g/mol. The van der Waals surface area contributed by atoms with Gasteiger partial charge in [0.05, 0.1) is 6.61 Å². The lowest BCUT2D eigenvalue weighted by Gasteiger charge is -2.36. The van der Waals surface area contributed by atoms with Crippen molar-refractivity contribution in [3.05, 3.63) is 34.9 Å². The van der Waals surface area contributed by atoms with Crippen molar-refractivity contribution < 1.29 is 24.2 Å². The lowest BCUT2D eigenvalue weighted by molar-refractivity contribution is -0.144. The topological polar surface area (TPSA) is 108 Å². The van der Waals surface area contributed by atoms with E-state index in [0.29, 0.717) is 12.0 Å². The van der Waals surface area contributed by atoms with Crippen molar-refractivity contribution in [2.45, 2.75) is 92.5 Å². The summed E-state index contributed by atoms with van der Waals surface area (Å²) in [5.41, 5.74) is 1.84. The van der Waals surface area contributed by atoms with E-state index in [1.54, 1.807) is 20.8 Å². The Morgan fingerprint density at radius 2 is 1.59 bits per heavy atom. The van der Waals surface area contributed by atoms with Crippen molar-refractivity contribution in [3.8, 4) is 0 Å². The summed E-state index contributed by atoms with van der Waals surface area (Å²) in [6.07, 6.45) is -0.0874. The normalized spacial score (nSPS) is 14.2. The van der Waals surface area contributed by atoms with Crippen LogP contribution in [-0.2, 0) is 14.3 Å². The second kappa shape index (κ2) is 12.7. The van der Waals surface area contributed by atoms with Crippen molar-refractivity contribution in [2.24, 2.45) is 5.92 Å². The minimum absolute atomic E-state index is 0.0645. The van der Waals surface area contributed by atoms with Gasteiger partial charge in [-0.05, 0) is 59.9 Å². The number of hydrogen-bond acceptors (Lipinski definition) is 5. The average molecular weight is 478 g/mol. The summed E-state index contributed by atoms with van der Waals surface area (Å²) < 4.78 is 5.38. The molecule has 0 saturated carbocycles. The first kappa shape index (κ1) is 29.4. The predicted molar refractivity (Wildman–Crippen MR) is 133 cm³/mol. The number of amides is 3. The second-order valence-electron chi connectivity index (χ2n) is 10.3. The van der Waals surface area contributed by atoms with Crippen LogP contribution >= 0.6 is 0 Å². The zero-order valence-electron chi connectivity index (χ0n) is 22.2.